The molecule has 2 aromatic heterocycles. The van der Waals surface area contributed by atoms with Crippen molar-refractivity contribution in [3.8, 4) is 11.5 Å². The van der Waals surface area contributed by atoms with Crippen molar-refractivity contribution in [1.82, 2.24) is 19.9 Å². The van der Waals surface area contributed by atoms with Crippen LogP contribution in [-0.2, 0) is 18.4 Å². The number of carbonyl (C=O) groups is 1. The van der Waals surface area contributed by atoms with E-state index in [4.69, 9.17) is 14.0 Å². The Bertz CT molecular complexity index is 938. The maximum Gasteiger partial charge on any atom is 0.240 e. The number of rotatable bonds is 8. The lowest BCUT2D eigenvalue weighted by Gasteiger charge is -2.10. The number of carbonyl (C=O) groups excluding carboxylic acids is 1. The third-order valence-corrected chi connectivity index (χ3v) is 5.01. The number of aromatic nitrogens is 4. The van der Waals surface area contributed by atoms with Gasteiger partial charge in [0.05, 0.1) is 18.1 Å². The van der Waals surface area contributed by atoms with Gasteiger partial charge in [-0.25, -0.2) is 0 Å². The fourth-order valence-electron chi connectivity index (χ4n) is 2.25. The molecule has 3 aromatic rings. The van der Waals surface area contributed by atoms with Gasteiger partial charge >= 0.3 is 0 Å². The Morgan fingerprint density at radius 1 is 1.29 bits per heavy atom. The summed E-state index contributed by atoms with van der Waals surface area (Å²) in [6.07, 6.45) is 0. The molecule has 0 bridgehead atoms. The monoisotopic (exact) mass is 403 g/mol. The molecular weight excluding hydrogens is 382 g/mol. The Labute approximate surface area is 166 Å². The number of amides is 1. The van der Waals surface area contributed by atoms with E-state index in [-0.39, 0.29) is 12.5 Å². The van der Waals surface area contributed by atoms with Gasteiger partial charge in [0, 0.05) is 13.1 Å². The Morgan fingerprint density at radius 3 is 2.64 bits per heavy atom. The fourth-order valence-corrected chi connectivity index (χ4v) is 3.08. The van der Waals surface area contributed by atoms with Gasteiger partial charge in [-0.3, -0.25) is 10.1 Å². The standard InChI is InChI=1S/C18H21N5O4S/c1-11-9-16(27-22-11)19-17(24)12(2)28-18-21-20-15(23(18)3)10-26-14-7-5-13(25-4)6-8-14/h5-9,12H,10H2,1-4H3,(H,19,24)/t12-/m0/s1. The van der Waals surface area contributed by atoms with Gasteiger partial charge in [0.2, 0.25) is 11.8 Å². The van der Waals surface area contributed by atoms with Crippen molar-refractivity contribution in [1.29, 1.82) is 0 Å². The number of hydrogen-bond acceptors (Lipinski definition) is 8. The van der Waals surface area contributed by atoms with Crippen LogP contribution in [0, 0.1) is 6.92 Å². The molecule has 1 amide bonds. The lowest BCUT2D eigenvalue weighted by Crippen LogP contribution is -2.22. The van der Waals surface area contributed by atoms with E-state index in [2.05, 4.69) is 20.7 Å². The highest BCUT2D eigenvalue weighted by Crippen LogP contribution is 2.24. The predicted octanol–water partition coefficient (Wildman–Crippen LogP) is 2.82. The molecule has 28 heavy (non-hydrogen) atoms. The minimum atomic E-state index is -0.399. The first-order valence-corrected chi connectivity index (χ1v) is 9.40. The van der Waals surface area contributed by atoms with E-state index in [1.807, 2.05) is 31.3 Å². The first-order valence-electron chi connectivity index (χ1n) is 8.52. The summed E-state index contributed by atoms with van der Waals surface area (Å²) in [6, 6.07) is 8.95. The van der Waals surface area contributed by atoms with Crippen molar-refractivity contribution in [2.45, 2.75) is 30.9 Å². The van der Waals surface area contributed by atoms with Crippen LogP contribution in [0.2, 0.25) is 0 Å². The molecule has 1 atom stereocenters. The zero-order chi connectivity index (χ0) is 20.1. The highest BCUT2D eigenvalue weighted by Gasteiger charge is 2.20. The van der Waals surface area contributed by atoms with Crippen LogP contribution in [0.3, 0.4) is 0 Å². The summed E-state index contributed by atoms with van der Waals surface area (Å²) < 4.78 is 17.7. The molecule has 1 N–H and O–H groups in total. The highest BCUT2D eigenvalue weighted by molar-refractivity contribution is 8.00. The van der Waals surface area contributed by atoms with Crippen molar-refractivity contribution < 1.29 is 18.8 Å². The van der Waals surface area contributed by atoms with E-state index >= 15 is 0 Å². The van der Waals surface area contributed by atoms with E-state index in [0.29, 0.717) is 28.3 Å². The van der Waals surface area contributed by atoms with Crippen LogP contribution in [0.15, 0.2) is 40.0 Å². The first kappa shape index (κ1) is 19.7. The third kappa shape index (κ3) is 4.83. The van der Waals surface area contributed by atoms with E-state index in [1.54, 1.807) is 31.6 Å². The van der Waals surface area contributed by atoms with E-state index < -0.39 is 5.25 Å². The number of benzene rings is 1. The Balaban J connectivity index is 1.56. The van der Waals surface area contributed by atoms with Gasteiger partial charge in [0.15, 0.2) is 11.0 Å². The molecule has 0 aliphatic heterocycles. The second-order valence-electron chi connectivity index (χ2n) is 6.00. The van der Waals surface area contributed by atoms with Gasteiger partial charge < -0.3 is 18.6 Å². The first-order chi connectivity index (χ1) is 13.5. The molecule has 0 fully saturated rings. The lowest BCUT2D eigenvalue weighted by molar-refractivity contribution is -0.115. The number of ether oxygens (including phenoxy) is 2. The van der Waals surface area contributed by atoms with Crippen LogP contribution in [-0.4, -0.2) is 38.2 Å². The van der Waals surface area contributed by atoms with E-state index in [0.717, 1.165) is 5.75 Å². The summed E-state index contributed by atoms with van der Waals surface area (Å²) in [4.78, 5) is 12.3. The van der Waals surface area contributed by atoms with Gasteiger partial charge in [-0.15, -0.1) is 10.2 Å². The molecule has 3 rings (SSSR count). The molecule has 0 aliphatic rings. The van der Waals surface area contributed by atoms with Crippen LogP contribution in [0.1, 0.15) is 18.4 Å². The van der Waals surface area contributed by atoms with Gasteiger partial charge in [-0.2, -0.15) is 0 Å². The molecule has 10 heteroatoms. The molecule has 0 radical (unpaired) electrons. The molecule has 0 spiro atoms. The number of aryl methyl sites for hydroxylation is 1. The summed E-state index contributed by atoms with van der Waals surface area (Å²) in [5, 5.41) is 14.9. The van der Waals surface area contributed by atoms with Crippen LogP contribution in [0.4, 0.5) is 5.88 Å². The number of nitrogens with zero attached hydrogens (tertiary/aromatic N) is 4. The maximum atomic E-state index is 12.3. The molecule has 0 aliphatic carbocycles. The van der Waals surface area contributed by atoms with Crippen molar-refractivity contribution in [2.75, 3.05) is 12.4 Å². The van der Waals surface area contributed by atoms with Crippen molar-refractivity contribution in [3.63, 3.8) is 0 Å². The molecule has 0 unspecified atom stereocenters. The zero-order valence-corrected chi connectivity index (χ0v) is 16.8. The van der Waals surface area contributed by atoms with E-state index in [1.165, 1.54) is 11.8 Å². The number of anilines is 1. The molecule has 1 aromatic carbocycles. The van der Waals surface area contributed by atoms with Gasteiger partial charge in [-0.1, -0.05) is 16.9 Å². The average molecular weight is 403 g/mol. The number of hydrogen-bond donors (Lipinski definition) is 1. The molecular formula is C18H21N5O4S. The molecule has 148 valence electrons. The average Bonchev–Trinajstić information content (AvgIpc) is 3.26. The normalized spacial score (nSPS) is 11.9. The van der Waals surface area contributed by atoms with Crippen LogP contribution in [0.5, 0.6) is 11.5 Å². The van der Waals surface area contributed by atoms with Crippen LogP contribution >= 0.6 is 11.8 Å². The number of nitrogens with one attached hydrogen (secondary N) is 1. The van der Waals surface area contributed by atoms with Crippen LogP contribution < -0.4 is 14.8 Å². The predicted molar refractivity (Wildman–Crippen MR) is 104 cm³/mol. The van der Waals surface area contributed by atoms with E-state index in [9.17, 15) is 4.79 Å². The SMILES string of the molecule is COc1ccc(OCc2nnc(S[C@@H](C)C(=O)Nc3cc(C)no3)n2C)cc1. The summed E-state index contributed by atoms with van der Waals surface area (Å²) in [6.45, 7) is 3.83. The second kappa shape index (κ2) is 8.79. The Morgan fingerprint density at radius 2 is 2.00 bits per heavy atom. The molecule has 0 saturated carbocycles. The number of methoxy groups -OCH3 is 1. The molecule has 2 heterocycles. The molecule has 0 saturated heterocycles. The fraction of sp³-hybridized carbons (Fsp3) is 0.333. The zero-order valence-electron chi connectivity index (χ0n) is 16.0. The Hall–Kier alpha value is -3.01. The molecule has 9 nitrogen and oxygen atoms in total. The second-order valence-corrected chi connectivity index (χ2v) is 7.31. The van der Waals surface area contributed by atoms with Crippen molar-refractivity contribution in [3.05, 3.63) is 41.9 Å². The summed E-state index contributed by atoms with van der Waals surface area (Å²) in [7, 11) is 3.45. The quantitative estimate of drug-likeness (QED) is 0.573. The minimum absolute atomic E-state index is 0.208. The summed E-state index contributed by atoms with van der Waals surface area (Å²) in [5.74, 6) is 2.23. The topological polar surface area (TPSA) is 104 Å². The van der Waals surface area contributed by atoms with Crippen molar-refractivity contribution in [2.24, 2.45) is 7.05 Å². The van der Waals surface area contributed by atoms with Gasteiger partial charge in [-0.05, 0) is 38.1 Å². The summed E-state index contributed by atoms with van der Waals surface area (Å²) in [5.41, 5.74) is 0.699. The summed E-state index contributed by atoms with van der Waals surface area (Å²) >= 11 is 1.29. The number of thioether (sulfide) groups is 1. The van der Waals surface area contributed by atoms with Crippen LogP contribution in [0.25, 0.3) is 0 Å². The highest BCUT2D eigenvalue weighted by atomic mass is 32.2. The third-order valence-electron chi connectivity index (χ3n) is 3.88. The maximum absolute atomic E-state index is 12.3. The Kier molecular flexibility index (Phi) is 6.19. The smallest absolute Gasteiger partial charge is 0.240 e. The largest absolute Gasteiger partial charge is 0.497 e. The van der Waals surface area contributed by atoms with Crippen molar-refractivity contribution >= 4 is 23.6 Å². The minimum Gasteiger partial charge on any atom is -0.497 e. The van der Waals surface area contributed by atoms with Gasteiger partial charge in [0.1, 0.15) is 18.1 Å². The van der Waals surface area contributed by atoms with Gasteiger partial charge in [0.25, 0.3) is 0 Å². The lowest BCUT2D eigenvalue weighted by atomic mass is 10.3.